The van der Waals surface area contributed by atoms with Crippen molar-refractivity contribution in [1.29, 1.82) is 0 Å². The molecule has 0 spiro atoms. The summed E-state index contributed by atoms with van der Waals surface area (Å²) in [7, 11) is 0. The minimum Gasteiger partial charge on any atom is -0.300 e. The van der Waals surface area contributed by atoms with Gasteiger partial charge in [0.15, 0.2) is 0 Å². The summed E-state index contributed by atoms with van der Waals surface area (Å²) >= 11 is 0. The minimum atomic E-state index is 0.317. The molecule has 0 heterocycles. The first-order valence-electron chi connectivity index (χ1n) is 6.01. The molecule has 0 aromatic rings. The highest BCUT2D eigenvalue weighted by atomic mass is 16.1. The molecule has 1 heteroatoms. The molecule has 1 aliphatic carbocycles. The number of Topliss-reactive ketones (excluding diaryl/α,β-unsaturated/α-hetero) is 1. The Morgan fingerprint density at radius 3 is 2.67 bits per heavy atom. The van der Waals surface area contributed by atoms with Crippen LogP contribution in [0.2, 0.25) is 0 Å². The number of ketones is 1. The average molecular weight is 208 g/mol. The normalized spacial score (nSPS) is 29.8. The van der Waals surface area contributed by atoms with Crippen LogP contribution in [-0.4, -0.2) is 5.78 Å². The Morgan fingerprint density at radius 1 is 1.53 bits per heavy atom. The van der Waals surface area contributed by atoms with Crippen LogP contribution in [0.25, 0.3) is 0 Å². The number of carbonyl (C=O) groups excluding carboxylic acids is 1. The fourth-order valence-electron chi connectivity index (χ4n) is 2.69. The van der Waals surface area contributed by atoms with Gasteiger partial charge in [0.05, 0.1) is 0 Å². The van der Waals surface area contributed by atoms with Gasteiger partial charge in [0.25, 0.3) is 0 Å². The number of rotatable bonds is 3. The number of hydrogen-bond donors (Lipinski definition) is 0. The van der Waals surface area contributed by atoms with Gasteiger partial charge in [0.2, 0.25) is 0 Å². The predicted molar refractivity (Wildman–Crippen MR) is 64.7 cm³/mol. The van der Waals surface area contributed by atoms with E-state index in [2.05, 4.69) is 33.8 Å². The van der Waals surface area contributed by atoms with Crippen molar-refractivity contribution in [3.05, 3.63) is 11.6 Å². The monoisotopic (exact) mass is 208 g/mol. The van der Waals surface area contributed by atoms with E-state index < -0.39 is 0 Å². The summed E-state index contributed by atoms with van der Waals surface area (Å²) < 4.78 is 0. The van der Waals surface area contributed by atoms with Gasteiger partial charge in [-0.3, -0.25) is 0 Å². The van der Waals surface area contributed by atoms with E-state index in [1.807, 2.05) is 0 Å². The lowest BCUT2D eigenvalue weighted by molar-refractivity contribution is -0.117. The fourth-order valence-corrected chi connectivity index (χ4v) is 2.69. The topological polar surface area (TPSA) is 17.1 Å². The van der Waals surface area contributed by atoms with Crippen LogP contribution in [0, 0.1) is 17.3 Å². The maximum Gasteiger partial charge on any atom is 0.129 e. The molecule has 1 rings (SSSR count). The first-order chi connectivity index (χ1) is 6.85. The van der Waals surface area contributed by atoms with Crippen molar-refractivity contribution in [1.82, 2.24) is 0 Å². The molecule has 15 heavy (non-hydrogen) atoms. The molecule has 0 amide bonds. The summed E-state index contributed by atoms with van der Waals surface area (Å²) in [6, 6.07) is 0. The lowest BCUT2D eigenvalue weighted by atomic mass is 9.62. The van der Waals surface area contributed by atoms with Crippen LogP contribution in [0.5, 0.6) is 0 Å². The zero-order chi connectivity index (χ0) is 11.6. The first kappa shape index (κ1) is 12.5. The summed E-state index contributed by atoms with van der Waals surface area (Å²) in [6.45, 7) is 10.9. The quantitative estimate of drug-likeness (QED) is 0.641. The first-order valence-corrected chi connectivity index (χ1v) is 6.01. The molecule has 1 nitrogen and oxygen atoms in total. The molecule has 0 saturated carbocycles. The Hall–Kier alpha value is -0.590. The van der Waals surface area contributed by atoms with E-state index in [-0.39, 0.29) is 0 Å². The predicted octanol–water partition coefficient (Wildman–Crippen LogP) is 3.98. The molecule has 1 aliphatic rings. The number of carbonyl (C=O) groups is 1. The molecular formula is C14H24O. The molecule has 0 fully saturated rings. The van der Waals surface area contributed by atoms with E-state index in [0.717, 1.165) is 18.8 Å². The van der Waals surface area contributed by atoms with Crippen molar-refractivity contribution in [3.8, 4) is 0 Å². The third kappa shape index (κ3) is 2.70. The van der Waals surface area contributed by atoms with Gasteiger partial charge in [-0.15, -0.1) is 0 Å². The van der Waals surface area contributed by atoms with Gasteiger partial charge in [-0.1, -0.05) is 32.4 Å². The van der Waals surface area contributed by atoms with Gasteiger partial charge in [-0.25, -0.2) is 0 Å². The van der Waals surface area contributed by atoms with Gasteiger partial charge in [-0.2, -0.15) is 0 Å². The Kier molecular flexibility index (Phi) is 3.75. The van der Waals surface area contributed by atoms with Crippen molar-refractivity contribution in [3.63, 3.8) is 0 Å². The molecule has 0 radical (unpaired) electrons. The van der Waals surface area contributed by atoms with Crippen LogP contribution in [-0.2, 0) is 4.79 Å². The molecule has 0 aromatic carbocycles. The minimum absolute atomic E-state index is 0.317. The SMILES string of the molecule is CC(=O)CC[C@@H]1C(C)=CC[C@H](C)C1(C)C. The second-order valence-corrected chi connectivity index (χ2v) is 5.70. The molecule has 0 unspecified atom stereocenters. The van der Waals surface area contributed by atoms with Gasteiger partial charge >= 0.3 is 0 Å². The largest absolute Gasteiger partial charge is 0.300 e. The molecule has 0 aliphatic heterocycles. The van der Waals surface area contributed by atoms with E-state index in [9.17, 15) is 4.79 Å². The Morgan fingerprint density at radius 2 is 2.13 bits per heavy atom. The second-order valence-electron chi connectivity index (χ2n) is 5.70. The van der Waals surface area contributed by atoms with Gasteiger partial charge in [-0.05, 0) is 43.9 Å². The maximum atomic E-state index is 11.1. The van der Waals surface area contributed by atoms with Gasteiger partial charge < -0.3 is 4.79 Å². The van der Waals surface area contributed by atoms with E-state index >= 15 is 0 Å². The summed E-state index contributed by atoms with van der Waals surface area (Å²) in [5.74, 6) is 1.63. The van der Waals surface area contributed by atoms with Gasteiger partial charge in [0, 0.05) is 6.42 Å². The van der Waals surface area contributed by atoms with Crippen molar-refractivity contribution in [2.24, 2.45) is 17.3 Å². The lowest BCUT2D eigenvalue weighted by Gasteiger charge is -2.43. The molecule has 0 N–H and O–H groups in total. The number of hydrogen-bond acceptors (Lipinski definition) is 1. The van der Waals surface area contributed by atoms with Crippen LogP contribution in [0.3, 0.4) is 0 Å². The Bertz CT molecular complexity index is 273. The number of allylic oxidation sites excluding steroid dienone is 2. The van der Waals surface area contributed by atoms with Crippen LogP contribution in [0.4, 0.5) is 0 Å². The highest BCUT2D eigenvalue weighted by molar-refractivity contribution is 5.75. The Balaban J connectivity index is 2.77. The van der Waals surface area contributed by atoms with Crippen molar-refractivity contribution < 1.29 is 4.79 Å². The molecule has 0 saturated heterocycles. The highest BCUT2D eigenvalue weighted by Crippen LogP contribution is 2.46. The second kappa shape index (κ2) is 4.51. The molecule has 86 valence electrons. The summed E-state index contributed by atoms with van der Waals surface area (Å²) in [4.78, 5) is 11.1. The van der Waals surface area contributed by atoms with E-state index in [0.29, 0.717) is 17.1 Å². The zero-order valence-corrected chi connectivity index (χ0v) is 10.8. The van der Waals surface area contributed by atoms with Crippen LogP contribution >= 0.6 is 0 Å². The van der Waals surface area contributed by atoms with Crippen molar-refractivity contribution in [2.45, 2.75) is 53.9 Å². The summed E-state index contributed by atoms with van der Waals surface area (Å²) in [5.41, 5.74) is 1.83. The third-order valence-electron chi connectivity index (χ3n) is 4.30. The standard InChI is InChI=1S/C14H24O/c1-10-6-7-11(2)14(4,5)13(10)9-8-12(3)15/h6,11,13H,7-9H2,1-5H3/t11-,13+/m0/s1. The molecule has 2 atom stereocenters. The maximum absolute atomic E-state index is 11.1. The highest BCUT2D eigenvalue weighted by Gasteiger charge is 2.37. The van der Waals surface area contributed by atoms with E-state index in [1.165, 1.54) is 12.0 Å². The van der Waals surface area contributed by atoms with Gasteiger partial charge in [0.1, 0.15) is 5.78 Å². The average Bonchev–Trinajstić information content (AvgIpc) is 2.11. The molecule has 0 aromatic heterocycles. The summed E-state index contributed by atoms with van der Waals surface area (Å²) in [6.07, 6.45) is 5.30. The van der Waals surface area contributed by atoms with Crippen molar-refractivity contribution >= 4 is 5.78 Å². The third-order valence-corrected chi connectivity index (χ3v) is 4.30. The Labute approximate surface area is 93.9 Å². The fraction of sp³-hybridized carbons (Fsp3) is 0.786. The molecular weight excluding hydrogens is 184 g/mol. The molecule has 0 bridgehead atoms. The van der Waals surface area contributed by atoms with E-state index in [4.69, 9.17) is 0 Å². The van der Waals surface area contributed by atoms with Crippen molar-refractivity contribution in [2.75, 3.05) is 0 Å². The summed E-state index contributed by atoms with van der Waals surface area (Å²) in [5, 5.41) is 0. The van der Waals surface area contributed by atoms with Crippen LogP contribution in [0.1, 0.15) is 53.9 Å². The van der Waals surface area contributed by atoms with Crippen LogP contribution < -0.4 is 0 Å². The zero-order valence-electron chi connectivity index (χ0n) is 10.8. The van der Waals surface area contributed by atoms with E-state index in [1.54, 1.807) is 6.92 Å². The lowest BCUT2D eigenvalue weighted by Crippen LogP contribution is -2.34. The van der Waals surface area contributed by atoms with Crippen LogP contribution in [0.15, 0.2) is 11.6 Å². The smallest absolute Gasteiger partial charge is 0.129 e.